The van der Waals surface area contributed by atoms with Gasteiger partial charge in [0.15, 0.2) is 11.9 Å². The topological polar surface area (TPSA) is 3.88 Å². The first-order valence-corrected chi connectivity index (χ1v) is 11.0. The largest absolute Gasteiger partial charge is 0.205 e. The predicted molar refractivity (Wildman–Crippen MR) is 134 cm³/mol. The van der Waals surface area contributed by atoms with Crippen LogP contribution in [-0.2, 0) is 7.05 Å². The number of nitrogens with zero attached hydrogens (tertiary/aromatic N) is 1. The third-order valence-corrected chi connectivity index (χ3v) is 6.10. The summed E-state index contributed by atoms with van der Waals surface area (Å²) in [6.45, 7) is 2.16. The molecule has 0 aliphatic heterocycles. The van der Waals surface area contributed by atoms with E-state index in [4.69, 9.17) is 0 Å². The summed E-state index contributed by atoms with van der Waals surface area (Å²) in [7, 11) is 2.09. The van der Waals surface area contributed by atoms with Crippen LogP contribution in [-0.4, -0.2) is 0 Å². The lowest BCUT2D eigenvalue weighted by Gasteiger charge is -2.19. The highest BCUT2D eigenvalue weighted by Gasteiger charge is 2.18. The summed E-state index contributed by atoms with van der Waals surface area (Å²) in [5.41, 5.74) is 11.1. The third-order valence-electron chi connectivity index (χ3n) is 6.10. The monoisotopic (exact) mass is 412 g/mol. The second-order valence-corrected chi connectivity index (χ2v) is 8.21. The molecule has 5 aromatic rings. The Hall–Kier alpha value is -3.97. The Morgan fingerprint density at radius 1 is 0.469 bits per heavy atom. The van der Waals surface area contributed by atoms with E-state index in [9.17, 15) is 0 Å². The first-order chi connectivity index (χ1) is 15.7. The van der Waals surface area contributed by atoms with Crippen LogP contribution in [0.15, 0.2) is 121 Å². The van der Waals surface area contributed by atoms with Gasteiger partial charge in [-0.2, -0.15) is 0 Å². The summed E-state index contributed by atoms with van der Waals surface area (Å²) in [6, 6.07) is 41.3. The molecule has 0 bridgehead atoms. The molecule has 0 aliphatic carbocycles. The summed E-state index contributed by atoms with van der Waals surface area (Å²) >= 11 is 0. The molecule has 4 aromatic carbocycles. The molecule has 1 heteroatoms. The van der Waals surface area contributed by atoms with Gasteiger partial charge in [-0.1, -0.05) is 91.0 Å². The van der Waals surface area contributed by atoms with Crippen LogP contribution in [0.1, 0.15) is 5.69 Å². The summed E-state index contributed by atoms with van der Waals surface area (Å²) in [4.78, 5) is 0. The van der Waals surface area contributed by atoms with Crippen molar-refractivity contribution in [1.29, 1.82) is 0 Å². The molecule has 0 N–H and O–H groups in total. The van der Waals surface area contributed by atoms with Crippen LogP contribution in [0.25, 0.3) is 44.5 Å². The number of aromatic nitrogens is 1. The Bertz CT molecular complexity index is 1290. The van der Waals surface area contributed by atoms with Crippen molar-refractivity contribution >= 4 is 0 Å². The molecule has 154 valence electrons. The fourth-order valence-electron chi connectivity index (χ4n) is 4.28. The number of hydrogen-bond donors (Lipinski definition) is 0. The molecule has 0 amide bonds. The third kappa shape index (κ3) is 3.86. The molecule has 0 fully saturated rings. The summed E-state index contributed by atoms with van der Waals surface area (Å²) in [5.74, 6) is 0. The van der Waals surface area contributed by atoms with E-state index in [0.717, 1.165) is 0 Å². The second kappa shape index (κ2) is 8.64. The molecular formula is C31H26N+. The second-order valence-electron chi connectivity index (χ2n) is 8.21. The number of rotatable bonds is 4. The molecule has 0 radical (unpaired) electrons. The van der Waals surface area contributed by atoms with Crippen molar-refractivity contribution in [3.63, 3.8) is 0 Å². The van der Waals surface area contributed by atoms with Crippen molar-refractivity contribution in [3.05, 3.63) is 127 Å². The zero-order valence-electron chi connectivity index (χ0n) is 18.5. The zero-order valence-corrected chi connectivity index (χ0v) is 18.5. The molecule has 1 nitrogen and oxygen atoms in total. The summed E-state index contributed by atoms with van der Waals surface area (Å²) in [5, 5.41) is 0. The maximum absolute atomic E-state index is 2.34. The van der Waals surface area contributed by atoms with Gasteiger partial charge in [0, 0.05) is 19.1 Å². The molecule has 5 rings (SSSR count). The Morgan fingerprint density at radius 2 is 0.938 bits per heavy atom. The van der Waals surface area contributed by atoms with E-state index in [1.807, 2.05) is 0 Å². The highest BCUT2D eigenvalue weighted by atomic mass is 14.9. The van der Waals surface area contributed by atoms with Crippen LogP contribution < -0.4 is 4.57 Å². The van der Waals surface area contributed by atoms with Crippen molar-refractivity contribution in [1.82, 2.24) is 0 Å². The predicted octanol–water partition coefficient (Wildman–Crippen LogP) is 7.49. The minimum absolute atomic E-state index is 1.23. The Balaban J connectivity index is 1.88. The van der Waals surface area contributed by atoms with Crippen LogP contribution >= 0.6 is 0 Å². The van der Waals surface area contributed by atoms with E-state index in [0.29, 0.717) is 0 Å². The molecule has 0 saturated heterocycles. The molecule has 1 aromatic heterocycles. The molecule has 0 aliphatic rings. The number of aryl methyl sites for hydroxylation is 2. The van der Waals surface area contributed by atoms with Gasteiger partial charge in [-0.25, -0.2) is 4.57 Å². The van der Waals surface area contributed by atoms with Crippen LogP contribution in [0.4, 0.5) is 0 Å². The van der Waals surface area contributed by atoms with Gasteiger partial charge in [0.05, 0.1) is 0 Å². The van der Waals surface area contributed by atoms with Crippen molar-refractivity contribution in [2.75, 3.05) is 0 Å². The SMILES string of the molecule is Cc1cc(-c2c(-c3ccccc3)cc(-c3ccccc3)cc2-c2ccccc2)cc[n+]1C. The van der Waals surface area contributed by atoms with Crippen LogP contribution in [0.3, 0.4) is 0 Å². The normalized spacial score (nSPS) is 10.8. The highest BCUT2D eigenvalue weighted by Crippen LogP contribution is 2.43. The minimum atomic E-state index is 1.23. The first-order valence-electron chi connectivity index (χ1n) is 11.0. The average molecular weight is 413 g/mol. The minimum Gasteiger partial charge on any atom is -0.205 e. The van der Waals surface area contributed by atoms with E-state index < -0.39 is 0 Å². The zero-order chi connectivity index (χ0) is 21.9. The number of pyridine rings is 1. The van der Waals surface area contributed by atoms with Gasteiger partial charge in [0.2, 0.25) is 0 Å². The van der Waals surface area contributed by atoms with Crippen molar-refractivity contribution in [2.24, 2.45) is 7.05 Å². The van der Waals surface area contributed by atoms with E-state index in [-0.39, 0.29) is 0 Å². The average Bonchev–Trinajstić information content (AvgIpc) is 2.86. The van der Waals surface area contributed by atoms with Crippen molar-refractivity contribution in [2.45, 2.75) is 6.92 Å². The maximum atomic E-state index is 2.34. The van der Waals surface area contributed by atoms with Gasteiger partial charge in [-0.05, 0) is 56.6 Å². The van der Waals surface area contributed by atoms with Crippen LogP contribution in [0.5, 0.6) is 0 Å². The lowest BCUT2D eigenvalue weighted by molar-refractivity contribution is -0.677. The summed E-state index contributed by atoms with van der Waals surface area (Å²) in [6.07, 6.45) is 2.15. The smallest absolute Gasteiger partial charge is 0.178 e. The Morgan fingerprint density at radius 3 is 1.41 bits per heavy atom. The fourth-order valence-corrected chi connectivity index (χ4v) is 4.28. The Kier molecular flexibility index (Phi) is 5.39. The summed E-state index contributed by atoms with van der Waals surface area (Å²) < 4.78 is 2.16. The van der Waals surface area contributed by atoms with Gasteiger partial charge in [-0.15, -0.1) is 0 Å². The molecular weight excluding hydrogens is 386 g/mol. The van der Waals surface area contributed by atoms with E-state index in [1.54, 1.807) is 0 Å². The standard InChI is InChI=1S/C31H26N/c1-23-20-27(18-19-32(23)2)31-29(25-14-8-4-9-15-25)21-28(24-12-6-3-7-13-24)22-30(31)26-16-10-5-11-17-26/h3-22H,1-2H3/q+1. The highest BCUT2D eigenvalue weighted by molar-refractivity contribution is 5.97. The van der Waals surface area contributed by atoms with Gasteiger partial charge in [0.25, 0.3) is 0 Å². The van der Waals surface area contributed by atoms with Crippen molar-refractivity contribution in [3.8, 4) is 44.5 Å². The van der Waals surface area contributed by atoms with Gasteiger partial charge in [0.1, 0.15) is 7.05 Å². The maximum Gasteiger partial charge on any atom is 0.178 e. The molecule has 0 saturated carbocycles. The van der Waals surface area contributed by atoms with Gasteiger partial charge >= 0.3 is 0 Å². The van der Waals surface area contributed by atoms with E-state index in [1.165, 1.54) is 50.2 Å². The van der Waals surface area contributed by atoms with E-state index in [2.05, 4.69) is 140 Å². The molecule has 32 heavy (non-hydrogen) atoms. The molecule has 0 atom stereocenters. The molecule has 0 spiro atoms. The first kappa shape index (κ1) is 20.0. The van der Waals surface area contributed by atoms with Gasteiger partial charge in [-0.3, -0.25) is 0 Å². The fraction of sp³-hybridized carbons (Fsp3) is 0.0645. The Labute approximate surface area is 190 Å². The van der Waals surface area contributed by atoms with E-state index >= 15 is 0 Å². The quantitative estimate of drug-likeness (QED) is 0.269. The number of hydrogen-bond acceptors (Lipinski definition) is 0. The van der Waals surface area contributed by atoms with Gasteiger partial charge < -0.3 is 0 Å². The lowest BCUT2D eigenvalue weighted by Crippen LogP contribution is -2.30. The lowest BCUT2D eigenvalue weighted by atomic mass is 9.85. The van der Waals surface area contributed by atoms with Crippen molar-refractivity contribution < 1.29 is 4.57 Å². The van der Waals surface area contributed by atoms with Crippen LogP contribution in [0, 0.1) is 6.92 Å². The number of benzene rings is 4. The molecule has 0 unspecified atom stereocenters. The van der Waals surface area contributed by atoms with Crippen LogP contribution in [0.2, 0.25) is 0 Å². The molecule has 1 heterocycles.